The Balaban J connectivity index is 1.97. The third-order valence-corrected chi connectivity index (χ3v) is 3.62. The summed E-state index contributed by atoms with van der Waals surface area (Å²) in [5, 5.41) is 3.00. The summed E-state index contributed by atoms with van der Waals surface area (Å²) in [6, 6.07) is 10.7. The van der Waals surface area contributed by atoms with Crippen LogP contribution in [0.4, 0.5) is 10.1 Å². The van der Waals surface area contributed by atoms with Gasteiger partial charge in [-0.1, -0.05) is 29.8 Å². The van der Waals surface area contributed by atoms with Gasteiger partial charge in [0.2, 0.25) is 0 Å². The van der Waals surface area contributed by atoms with Gasteiger partial charge < -0.3 is 14.8 Å². The molecule has 0 saturated carbocycles. The molecule has 1 atom stereocenters. The molecule has 26 heavy (non-hydrogen) atoms. The number of nitrogens with one attached hydrogen (secondary N) is 1. The van der Waals surface area contributed by atoms with Crippen LogP contribution in [-0.4, -0.2) is 25.1 Å². The van der Waals surface area contributed by atoms with Crippen molar-refractivity contribution >= 4 is 35.2 Å². The van der Waals surface area contributed by atoms with Crippen molar-refractivity contribution in [2.45, 2.75) is 13.0 Å². The standard InChI is InChI=1S/C19H17ClFNO4/c1-12(19(24)22-16-11-14(20)8-9-17(16)25-2)26-18(23)10-7-13-5-3-4-6-15(13)21/h3-12H,1-2H3,(H,22,24)/b10-7+. The zero-order valence-electron chi connectivity index (χ0n) is 14.2. The zero-order chi connectivity index (χ0) is 19.1. The molecule has 136 valence electrons. The van der Waals surface area contributed by atoms with Crippen LogP contribution in [-0.2, 0) is 14.3 Å². The second-order valence-corrected chi connectivity index (χ2v) is 5.70. The van der Waals surface area contributed by atoms with Crippen LogP contribution in [0.3, 0.4) is 0 Å². The fourth-order valence-corrected chi connectivity index (χ4v) is 2.22. The molecule has 2 rings (SSSR count). The van der Waals surface area contributed by atoms with Gasteiger partial charge in [0.25, 0.3) is 5.91 Å². The number of anilines is 1. The lowest BCUT2D eigenvalue weighted by Crippen LogP contribution is -2.29. The van der Waals surface area contributed by atoms with E-state index in [1.165, 1.54) is 38.3 Å². The molecule has 5 nitrogen and oxygen atoms in total. The van der Waals surface area contributed by atoms with Crippen molar-refractivity contribution in [3.63, 3.8) is 0 Å². The summed E-state index contributed by atoms with van der Waals surface area (Å²) in [6.45, 7) is 1.42. The maximum Gasteiger partial charge on any atom is 0.331 e. The van der Waals surface area contributed by atoms with E-state index in [4.69, 9.17) is 21.1 Å². The highest BCUT2D eigenvalue weighted by Crippen LogP contribution is 2.27. The number of esters is 1. The molecule has 0 spiro atoms. The first kappa shape index (κ1) is 19.5. The average Bonchev–Trinajstić information content (AvgIpc) is 2.61. The molecule has 0 fully saturated rings. The molecule has 0 saturated heterocycles. The molecular weight excluding hydrogens is 361 g/mol. The number of halogens is 2. The van der Waals surface area contributed by atoms with Gasteiger partial charge in [0.1, 0.15) is 11.6 Å². The van der Waals surface area contributed by atoms with E-state index in [2.05, 4.69) is 5.32 Å². The Hall–Kier alpha value is -2.86. The van der Waals surface area contributed by atoms with Crippen LogP contribution in [0.5, 0.6) is 5.75 Å². The van der Waals surface area contributed by atoms with Crippen LogP contribution in [0.15, 0.2) is 48.5 Å². The second kappa shape index (κ2) is 9.01. The molecule has 0 bridgehead atoms. The van der Waals surface area contributed by atoms with Crippen LogP contribution in [0.25, 0.3) is 6.08 Å². The molecule has 0 radical (unpaired) electrons. The second-order valence-electron chi connectivity index (χ2n) is 5.27. The van der Waals surface area contributed by atoms with Crippen molar-refractivity contribution < 1.29 is 23.5 Å². The summed E-state index contributed by atoms with van der Waals surface area (Å²) in [5.74, 6) is -1.37. The zero-order valence-corrected chi connectivity index (χ0v) is 14.9. The molecule has 1 unspecified atom stereocenters. The maximum absolute atomic E-state index is 13.5. The molecule has 0 heterocycles. The minimum absolute atomic E-state index is 0.241. The number of ether oxygens (including phenoxy) is 2. The van der Waals surface area contributed by atoms with Gasteiger partial charge in [-0.15, -0.1) is 0 Å². The summed E-state index contributed by atoms with van der Waals surface area (Å²) < 4.78 is 23.6. The van der Waals surface area contributed by atoms with Gasteiger partial charge in [0.05, 0.1) is 12.8 Å². The molecule has 7 heteroatoms. The number of carbonyl (C=O) groups is 2. The predicted molar refractivity (Wildman–Crippen MR) is 97.6 cm³/mol. The molecule has 0 aromatic heterocycles. The molecule has 2 aromatic rings. The highest BCUT2D eigenvalue weighted by Gasteiger charge is 2.18. The monoisotopic (exact) mass is 377 g/mol. The lowest BCUT2D eigenvalue weighted by molar-refractivity contribution is -0.148. The maximum atomic E-state index is 13.5. The van der Waals surface area contributed by atoms with Crippen molar-refractivity contribution in [2.75, 3.05) is 12.4 Å². The number of rotatable bonds is 6. The number of amides is 1. The topological polar surface area (TPSA) is 64.6 Å². The summed E-state index contributed by atoms with van der Waals surface area (Å²) in [7, 11) is 1.45. The van der Waals surface area contributed by atoms with Crippen molar-refractivity contribution in [3.05, 3.63) is 64.9 Å². The summed E-state index contributed by atoms with van der Waals surface area (Å²) in [6.07, 6.45) is 1.27. The largest absolute Gasteiger partial charge is 0.495 e. The first-order valence-electron chi connectivity index (χ1n) is 7.68. The van der Waals surface area contributed by atoms with Gasteiger partial charge in [-0.25, -0.2) is 9.18 Å². The van der Waals surface area contributed by atoms with Crippen molar-refractivity contribution in [1.29, 1.82) is 0 Å². The summed E-state index contributed by atoms with van der Waals surface area (Å²) in [5.41, 5.74) is 0.597. The Morgan fingerprint density at radius 3 is 2.65 bits per heavy atom. The predicted octanol–water partition coefficient (Wildman–Crippen LogP) is 4.07. The van der Waals surface area contributed by atoms with E-state index in [0.29, 0.717) is 16.5 Å². The van der Waals surface area contributed by atoms with E-state index in [1.54, 1.807) is 24.3 Å². The van der Waals surface area contributed by atoms with E-state index in [1.807, 2.05) is 0 Å². The molecule has 2 aromatic carbocycles. The quantitative estimate of drug-likeness (QED) is 0.608. The fourth-order valence-electron chi connectivity index (χ4n) is 2.05. The van der Waals surface area contributed by atoms with Gasteiger partial charge in [-0.05, 0) is 37.3 Å². The van der Waals surface area contributed by atoms with Crippen LogP contribution in [0.1, 0.15) is 12.5 Å². The Morgan fingerprint density at radius 2 is 1.96 bits per heavy atom. The normalized spacial score (nSPS) is 11.8. The SMILES string of the molecule is COc1ccc(Cl)cc1NC(=O)C(C)OC(=O)/C=C/c1ccccc1F. The van der Waals surface area contributed by atoms with E-state index in [0.717, 1.165) is 6.08 Å². The van der Waals surface area contributed by atoms with Crippen LogP contribution < -0.4 is 10.1 Å². The van der Waals surface area contributed by atoms with E-state index in [9.17, 15) is 14.0 Å². The Morgan fingerprint density at radius 1 is 1.23 bits per heavy atom. The van der Waals surface area contributed by atoms with Crippen LogP contribution in [0, 0.1) is 5.82 Å². The Labute approximate surface area is 155 Å². The molecular formula is C19H17ClFNO4. The molecule has 1 amide bonds. The Bertz CT molecular complexity index is 838. The highest BCUT2D eigenvalue weighted by atomic mass is 35.5. The van der Waals surface area contributed by atoms with Gasteiger partial charge in [-0.2, -0.15) is 0 Å². The fraction of sp³-hybridized carbons (Fsp3) is 0.158. The minimum Gasteiger partial charge on any atom is -0.495 e. The van der Waals surface area contributed by atoms with E-state index >= 15 is 0 Å². The smallest absolute Gasteiger partial charge is 0.331 e. The first-order chi connectivity index (χ1) is 12.4. The number of methoxy groups -OCH3 is 1. The number of carbonyl (C=O) groups excluding carboxylic acids is 2. The van der Waals surface area contributed by atoms with Crippen LogP contribution in [0.2, 0.25) is 5.02 Å². The lowest BCUT2D eigenvalue weighted by atomic mass is 10.2. The number of hydrogen-bond acceptors (Lipinski definition) is 4. The lowest BCUT2D eigenvalue weighted by Gasteiger charge is -2.14. The third kappa shape index (κ3) is 5.32. The first-order valence-corrected chi connectivity index (χ1v) is 8.06. The van der Waals surface area contributed by atoms with Crippen LogP contribution >= 0.6 is 11.6 Å². The molecule has 0 aliphatic heterocycles. The van der Waals surface area contributed by atoms with Gasteiger partial charge in [0.15, 0.2) is 6.10 Å². The molecule has 1 N–H and O–H groups in total. The summed E-state index contributed by atoms with van der Waals surface area (Å²) in [4.78, 5) is 24.0. The average molecular weight is 378 g/mol. The van der Waals surface area contributed by atoms with Gasteiger partial charge in [0, 0.05) is 16.7 Å². The summed E-state index contributed by atoms with van der Waals surface area (Å²) >= 11 is 5.90. The third-order valence-electron chi connectivity index (χ3n) is 3.39. The van der Waals surface area contributed by atoms with E-state index < -0.39 is 23.8 Å². The van der Waals surface area contributed by atoms with Crippen molar-refractivity contribution in [1.82, 2.24) is 0 Å². The van der Waals surface area contributed by atoms with Gasteiger partial charge in [-0.3, -0.25) is 4.79 Å². The van der Waals surface area contributed by atoms with Crippen molar-refractivity contribution in [3.8, 4) is 5.75 Å². The van der Waals surface area contributed by atoms with E-state index in [-0.39, 0.29) is 5.56 Å². The number of hydrogen-bond donors (Lipinski definition) is 1. The minimum atomic E-state index is -1.07. The molecule has 0 aliphatic rings. The van der Waals surface area contributed by atoms with Gasteiger partial charge >= 0.3 is 5.97 Å². The molecule has 0 aliphatic carbocycles. The Kier molecular flexibility index (Phi) is 6.74. The highest BCUT2D eigenvalue weighted by molar-refractivity contribution is 6.31. The number of benzene rings is 2. The van der Waals surface area contributed by atoms with Crippen molar-refractivity contribution in [2.24, 2.45) is 0 Å².